The Kier molecular flexibility index (Phi) is 3.42. The van der Waals surface area contributed by atoms with Gasteiger partial charge < -0.3 is 10.6 Å². The van der Waals surface area contributed by atoms with Crippen molar-refractivity contribution in [2.24, 2.45) is 0 Å². The van der Waals surface area contributed by atoms with Gasteiger partial charge in [0.25, 0.3) is 5.91 Å². The van der Waals surface area contributed by atoms with Crippen LogP contribution in [-0.4, -0.2) is 24.4 Å². The molecule has 1 saturated heterocycles. The summed E-state index contributed by atoms with van der Waals surface area (Å²) in [7, 11) is 0. The average Bonchev–Trinajstić information content (AvgIpc) is 2.67. The molecule has 2 rings (SSSR count). The SMILES string of the molecule is O=C1CC(NC(=O)c2cc(F)ccc2Br)CN1. The van der Waals surface area contributed by atoms with Crippen LogP contribution in [-0.2, 0) is 4.79 Å². The number of amides is 2. The molecule has 17 heavy (non-hydrogen) atoms. The Morgan fingerprint density at radius 3 is 2.94 bits per heavy atom. The van der Waals surface area contributed by atoms with Gasteiger partial charge in [-0.1, -0.05) is 0 Å². The molecule has 4 nitrogen and oxygen atoms in total. The molecule has 0 spiro atoms. The second-order valence-corrected chi connectivity index (χ2v) is 4.66. The van der Waals surface area contributed by atoms with E-state index in [9.17, 15) is 14.0 Å². The molecule has 1 unspecified atom stereocenters. The number of hydrogen-bond donors (Lipinski definition) is 2. The molecule has 2 N–H and O–H groups in total. The Morgan fingerprint density at radius 1 is 1.53 bits per heavy atom. The van der Waals surface area contributed by atoms with Gasteiger partial charge in [0.15, 0.2) is 0 Å². The zero-order chi connectivity index (χ0) is 12.4. The van der Waals surface area contributed by atoms with E-state index in [0.717, 1.165) is 6.07 Å². The van der Waals surface area contributed by atoms with Crippen molar-refractivity contribution in [1.82, 2.24) is 10.6 Å². The minimum Gasteiger partial charge on any atom is -0.354 e. The van der Waals surface area contributed by atoms with Crippen molar-refractivity contribution in [3.8, 4) is 0 Å². The first kappa shape index (κ1) is 12.0. The molecule has 0 aliphatic carbocycles. The largest absolute Gasteiger partial charge is 0.354 e. The van der Waals surface area contributed by atoms with Crippen LogP contribution < -0.4 is 10.6 Å². The lowest BCUT2D eigenvalue weighted by Crippen LogP contribution is -2.36. The molecule has 0 saturated carbocycles. The van der Waals surface area contributed by atoms with Crippen LogP contribution in [0.1, 0.15) is 16.8 Å². The molecule has 1 heterocycles. The molecule has 2 amide bonds. The number of rotatable bonds is 2. The van der Waals surface area contributed by atoms with Crippen LogP contribution in [0.15, 0.2) is 22.7 Å². The van der Waals surface area contributed by atoms with E-state index in [-0.39, 0.29) is 23.9 Å². The fourth-order valence-corrected chi connectivity index (χ4v) is 2.07. The van der Waals surface area contributed by atoms with Gasteiger partial charge in [-0.2, -0.15) is 0 Å². The number of carbonyl (C=O) groups is 2. The quantitative estimate of drug-likeness (QED) is 0.862. The maximum atomic E-state index is 13.0. The fourth-order valence-electron chi connectivity index (χ4n) is 1.64. The molecule has 1 atom stereocenters. The number of halogens is 2. The predicted octanol–water partition coefficient (Wildman–Crippen LogP) is 1.21. The zero-order valence-electron chi connectivity index (χ0n) is 8.80. The maximum absolute atomic E-state index is 13.0. The van der Waals surface area contributed by atoms with Crippen LogP contribution in [0.5, 0.6) is 0 Å². The van der Waals surface area contributed by atoms with Crippen molar-refractivity contribution in [2.45, 2.75) is 12.5 Å². The van der Waals surface area contributed by atoms with Crippen molar-refractivity contribution in [1.29, 1.82) is 0 Å². The minimum atomic E-state index is -0.473. The Hall–Kier alpha value is -1.43. The molecular weight excluding hydrogens is 291 g/mol. The van der Waals surface area contributed by atoms with E-state index in [2.05, 4.69) is 26.6 Å². The highest BCUT2D eigenvalue weighted by Crippen LogP contribution is 2.18. The first-order valence-corrected chi connectivity index (χ1v) is 5.88. The van der Waals surface area contributed by atoms with E-state index in [1.54, 1.807) is 0 Å². The van der Waals surface area contributed by atoms with Crippen LogP contribution in [0.25, 0.3) is 0 Å². The zero-order valence-corrected chi connectivity index (χ0v) is 10.4. The van der Waals surface area contributed by atoms with Gasteiger partial charge in [-0.3, -0.25) is 9.59 Å². The highest BCUT2D eigenvalue weighted by Gasteiger charge is 2.24. The molecular formula is C11H10BrFN2O2. The monoisotopic (exact) mass is 300 g/mol. The predicted molar refractivity (Wildman–Crippen MR) is 63.0 cm³/mol. The molecule has 0 radical (unpaired) electrons. The van der Waals surface area contributed by atoms with Gasteiger partial charge in [0.1, 0.15) is 5.82 Å². The van der Waals surface area contributed by atoms with Gasteiger partial charge in [0, 0.05) is 17.4 Å². The Balaban J connectivity index is 2.09. The summed E-state index contributed by atoms with van der Waals surface area (Å²) in [5.41, 5.74) is 0.226. The van der Waals surface area contributed by atoms with Gasteiger partial charge >= 0.3 is 0 Å². The molecule has 90 valence electrons. The molecule has 1 aliphatic heterocycles. The molecule has 1 aliphatic rings. The molecule has 0 aromatic heterocycles. The maximum Gasteiger partial charge on any atom is 0.252 e. The lowest BCUT2D eigenvalue weighted by atomic mass is 10.2. The van der Waals surface area contributed by atoms with Crippen LogP contribution in [0.3, 0.4) is 0 Å². The van der Waals surface area contributed by atoms with Gasteiger partial charge in [0.05, 0.1) is 11.6 Å². The summed E-state index contributed by atoms with van der Waals surface area (Å²) < 4.78 is 13.5. The van der Waals surface area contributed by atoms with Crippen molar-refractivity contribution in [3.63, 3.8) is 0 Å². The van der Waals surface area contributed by atoms with Crippen molar-refractivity contribution in [3.05, 3.63) is 34.1 Å². The van der Waals surface area contributed by atoms with Crippen molar-refractivity contribution in [2.75, 3.05) is 6.54 Å². The van der Waals surface area contributed by atoms with Crippen LogP contribution in [0.4, 0.5) is 4.39 Å². The van der Waals surface area contributed by atoms with Gasteiger partial charge in [-0.05, 0) is 34.1 Å². The molecule has 1 aromatic rings. The first-order valence-electron chi connectivity index (χ1n) is 5.09. The topological polar surface area (TPSA) is 58.2 Å². The van der Waals surface area contributed by atoms with E-state index >= 15 is 0 Å². The normalized spacial score (nSPS) is 18.9. The standard InChI is InChI=1S/C11H10BrFN2O2/c12-9-2-1-6(13)3-8(9)11(17)15-7-4-10(16)14-5-7/h1-3,7H,4-5H2,(H,14,16)(H,15,17). The van der Waals surface area contributed by atoms with Crippen LogP contribution >= 0.6 is 15.9 Å². The Morgan fingerprint density at radius 2 is 2.29 bits per heavy atom. The van der Waals surface area contributed by atoms with Crippen LogP contribution in [0, 0.1) is 5.82 Å². The fraction of sp³-hybridized carbons (Fsp3) is 0.273. The summed E-state index contributed by atoms with van der Waals surface area (Å²) in [6, 6.07) is 3.66. The van der Waals surface area contributed by atoms with Crippen molar-refractivity contribution < 1.29 is 14.0 Å². The Labute approximate surface area is 106 Å². The van der Waals surface area contributed by atoms with E-state index in [1.165, 1.54) is 12.1 Å². The molecule has 1 fully saturated rings. The van der Waals surface area contributed by atoms with Crippen molar-refractivity contribution >= 4 is 27.7 Å². The summed E-state index contributed by atoms with van der Waals surface area (Å²) in [5, 5.41) is 5.29. The lowest BCUT2D eigenvalue weighted by Gasteiger charge is -2.11. The molecule has 1 aromatic carbocycles. The lowest BCUT2D eigenvalue weighted by molar-refractivity contribution is -0.119. The van der Waals surface area contributed by atoms with Gasteiger partial charge in [-0.15, -0.1) is 0 Å². The number of benzene rings is 1. The third-order valence-electron chi connectivity index (χ3n) is 2.49. The minimum absolute atomic E-state index is 0.0893. The third-order valence-corrected chi connectivity index (χ3v) is 3.18. The van der Waals surface area contributed by atoms with Crippen LogP contribution in [0.2, 0.25) is 0 Å². The first-order chi connectivity index (χ1) is 8.06. The number of carbonyl (C=O) groups excluding carboxylic acids is 2. The van der Waals surface area contributed by atoms with Gasteiger partial charge in [0.2, 0.25) is 5.91 Å². The summed E-state index contributed by atoms with van der Waals surface area (Å²) >= 11 is 3.18. The van der Waals surface area contributed by atoms with Gasteiger partial charge in [-0.25, -0.2) is 4.39 Å². The second-order valence-electron chi connectivity index (χ2n) is 3.80. The highest BCUT2D eigenvalue weighted by atomic mass is 79.9. The summed E-state index contributed by atoms with van der Waals surface area (Å²) in [5.74, 6) is -0.953. The smallest absolute Gasteiger partial charge is 0.252 e. The molecule has 0 bridgehead atoms. The summed E-state index contributed by atoms with van der Waals surface area (Å²) in [6.07, 6.45) is 0.263. The third kappa shape index (κ3) is 2.82. The number of nitrogens with one attached hydrogen (secondary N) is 2. The average molecular weight is 301 g/mol. The Bertz CT molecular complexity index is 479. The summed E-state index contributed by atoms with van der Waals surface area (Å²) in [4.78, 5) is 22.8. The summed E-state index contributed by atoms with van der Waals surface area (Å²) in [6.45, 7) is 0.414. The highest BCUT2D eigenvalue weighted by molar-refractivity contribution is 9.10. The number of hydrogen-bond acceptors (Lipinski definition) is 2. The second kappa shape index (κ2) is 4.83. The van der Waals surface area contributed by atoms with E-state index < -0.39 is 11.7 Å². The molecule has 6 heteroatoms. The van der Waals surface area contributed by atoms with E-state index in [1.807, 2.05) is 0 Å². The van der Waals surface area contributed by atoms with E-state index in [0.29, 0.717) is 11.0 Å². The van der Waals surface area contributed by atoms with E-state index in [4.69, 9.17) is 0 Å².